The van der Waals surface area contributed by atoms with Crippen LogP contribution in [0.5, 0.6) is 17.2 Å². The minimum Gasteiger partial charge on any atom is -0.664 e. The number of unbranched alkanes of at least 4 members (excludes halogenated alkanes) is 1. The zero-order valence-corrected chi connectivity index (χ0v) is 28.9. The van der Waals surface area contributed by atoms with Gasteiger partial charge in [-0.15, -0.1) is 5.69 Å². The van der Waals surface area contributed by atoms with E-state index in [0.29, 0.717) is 31.6 Å². The lowest BCUT2D eigenvalue weighted by molar-refractivity contribution is -0.129. The summed E-state index contributed by atoms with van der Waals surface area (Å²) < 4.78 is 5.52. The van der Waals surface area contributed by atoms with Crippen LogP contribution in [0.1, 0.15) is 82.7 Å². The number of Topliss-reactive ketones (excluding diaryl/α,β-unsaturated/α-hetero) is 2. The number of aryl methyl sites for hydroxylation is 2. The number of hydrogen-bond acceptors (Lipinski definition) is 5. The molecule has 0 saturated heterocycles. The molecule has 2 aliphatic rings. The van der Waals surface area contributed by atoms with Crippen molar-refractivity contribution in [2.24, 2.45) is 5.92 Å². The molecule has 2 aromatic heterocycles. The molecule has 0 spiro atoms. The van der Waals surface area contributed by atoms with E-state index in [4.69, 9.17) is 10.1 Å². The number of benzene rings is 3. The number of aromatic hydroxyl groups is 2. The van der Waals surface area contributed by atoms with Crippen LogP contribution in [0.4, 0.5) is 5.82 Å². The Morgan fingerprint density at radius 2 is 1.69 bits per heavy atom. The number of nitrogens with zero attached hydrogens (tertiary/aromatic N) is 2. The molecule has 5 aromatic rings. The second-order valence-corrected chi connectivity index (χ2v) is 13.8. The summed E-state index contributed by atoms with van der Waals surface area (Å²) >= 11 is 0. The van der Waals surface area contributed by atoms with Gasteiger partial charge in [0.25, 0.3) is 0 Å². The van der Waals surface area contributed by atoms with Crippen molar-refractivity contribution in [2.75, 3.05) is 13.7 Å². The predicted molar refractivity (Wildman–Crippen MR) is 198 cm³/mol. The van der Waals surface area contributed by atoms with Gasteiger partial charge < -0.3 is 30.2 Å². The third-order valence-electron chi connectivity index (χ3n) is 10.3. The van der Waals surface area contributed by atoms with Crippen molar-refractivity contribution in [3.8, 4) is 17.2 Å². The van der Waals surface area contributed by atoms with Crippen LogP contribution in [0.25, 0.3) is 11.4 Å². The Labute approximate surface area is 298 Å². The number of phenols is 2. The molecule has 0 radical (unpaired) electrons. The fourth-order valence-corrected chi connectivity index (χ4v) is 7.78. The van der Waals surface area contributed by atoms with Crippen LogP contribution in [-0.4, -0.2) is 40.4 Å². The summed E-state index contributed by atoms with van der Waals surface area (Å²) in [7, 11) is 1.53. The van der Waals surface area contributed by atoms with Gasteiger partial charge in [-0.3, -0.25) is 9.59 Å². The summed E-state index contributed by atoms with van der Waals surface area (Å²) in [6.45, 7) is 0.315. The van der Waals surface area contributed by atoms with Gasteiger partial charge in [0.2, 0.25) is 0 Å². The molecule has 51 heavy (non-hydrogen) atoms. The molecular formula is C43H43N3O5-2. The first-order chi connectivity index (χ1) is 24.8. The molecule has 1 aliphatic carbocycles. The summed E-state index contributed by atoms with van der Waals surface area (Å²) in [5, 5.41) is 26.0. The number of phenolic OH excluding ortho intramolecular Hbond substituents is 2. The molecule has 8 nitrogen and oxygen atoms in total. The molecule has 3 heterocycles. The smallest absolute Gasteiger partial charge is 0.161 e. The van der Waals surface area contributed by atoms with Crippen molar-refractivity contribution in [2.45, 2.75) is 63.7 Å². The van der Waals surface area contributed by atoms with E-state index in [-0.39, 0.29) is 41.8 Å². The van der Waals surface area contributed by atoms with Crippen molar-refractivity contribution in [1.29, 1.82) is 0 Å². The Bertz CT molecular complexity index is 2070. The van der Waals surface area contributed by atoms with Crippen molar-refractivity contribution in [3.05, 3.63) is 141 Å². The van der Waals surface area contributed by atoms with Crippen LogP contribution < -0.4 is 9.72 Å². The number of ether oxygens (including phenoxy) is 1. The van der Waals surface area contributed by atoms with Gasteiger partial charge in [0.1, 0.15) is 17.3 Å². The lowest BCUT2D eigenvalue weighted by Crippen LogP contribution is -2.30. The first kappa shape index (κ1) is 34.0. The average molecular weight is 682 g/mol. The third-order valence-corrected chi connectivity index (χ3v) is 10.3. The number of carbonyl (C=O) groups is 2. The van der Waals surface area contributed by atoms with E-state index in [9.17, 15) is 19.8 Å². The summed E-state index contributed by atoms with van der Waals surface area (Å²) in [5.41, 5.74) is 8.69. The van der Waals surface area contributed by atoms with Crippen molar-refractivity contribution in [3.63, 3.8) is 0 Å². The Hall–Kier alpha value is -5.50. The number of H-pyrrole nitrogens is 1. The predicted octanol–water partition coefficient (Wildman–Crippen LogP) is 8.26. The Morgan fingerprint density at radius 1 is 0.863 bits per heavy atom. The molecule has 0 unspecified atom stereocenters. The molecule has 0 fully saturated rings. The number of nitrogens with one attached hydrogen (secondary N) is 1. The zero-order chi connectivity index (χ0) is 35.3. The SMILES string of the molecule is COc1cc2cc(c1O)Cc1cccc(c1)Cc1cc[nH]c1[N-]CC1=Cc3[n-]ccc3[C@H](CCCCc3cccc(O)c3)[C@@H]1C(=O)CC(=O)CC2. The van der Waals surface area contributed by atoms with E-state index >= 15 is 0 Å². The van der Waals surface area contributed by atoms with Gasteiger partial charge in [-0.2, -0.15) is 6.20 Å². The molecule has 4 bridgehead atoms. The second kappa shape index (κ2) is 15.2. The van der Waals surface area contributed by atoms with Crippen LogP contribution in [0.15, 0.2) is 90.8 Å². The Balaban J connectivity index is 1.20. The topological polar surface area (TPSA) is 128 Å². The highest BCUT2D eigenvalue weighted by atomic mass is 16.5. The van der Waals surface area contributed by atoms with Crippen LogP contribution in [0.2, 0.25) is 0 Å². The van der Waals surface area contributed by atoms with Gasteiger partial charge in [0.05, 0.1) is 13.5 Å². The van der Waals surface area contributed by atoms with Crippen LogP contribution in [0, 0.1) is 5.92 Å². The van der Waals surface area contributed by atoms with Crippen molar-refractivity contribution < 1.29 is 24.5 Å². The zero-order valence-electron chi connectivity index (χ0n) is 28.9. The highest BCUT2D eigenvalue weighted by Gasteiger charge is 2.35. The molecule has 0 saturated carbocycles. The van der Waals surface area contributed by atoms with Gasteiger partial charge in [0, 0.05) is 24.3 Å². The van der Waals surface area contributed by atoms with E-state index in [1.54, 1.807) is 24.4 Å². The molecule has 0 amide bonds. The molecule has 262 valence electrons. The molecule has 8 heteroatoms. The minimum absolute atomic E-state index is 0.0871. The number of aromatic amines is 1. The van der Waals surface area contributed by atoms with Crippen molar-refractivity contribution in [1.82, 2.24) is 9.97 Å². The second-order valence-electron chi connectivity index (χ2n) is 13.8. The highest BCUT2D eigenvalue weighted by Crippen LogP contribution is 2.44. The number of carbonyl (C=O) groups excluding carboxylic acids is 2. The monoisotopic (exact) mass is 681 g/mol. The lowest BCUT2D eigenvalue weighted by Gasteiger charge is -2.36. The fraction of sp³-hybridized carbons (Fsp3) is 0.302. The molecule has 7 rings (SSSR count). The summed E-state index contributed by atoms with van der Waals surface area (Å²) in [6.07, 6.45) is 10.7. The maximum absolute atomic E-state index is 14.3. The number of methoxy groups -OCH3 is 1. The van der Waals surface area contributed by atoms with Gasteiger partial charge in [-0.25, -0.2) is 0 Å². The van der Waals surface area contributed by atoms with E-state index in [0.717, 1.165) is 81.7 Å². The summed E-state index contributed by atoms with van der Waals surface area (Å²) in [6, 6.07) is 23.4. The van der Waals surface area contributed by atoms with Gasteiger partial charge in [-0.1, -0.05) is 90.2 Å². The number of ketones is 2. The van der Waals surface area contributed by atoms with E-state index in [1.165, 1.54) is 7.11 Å². The Morgan fingerprint density at radius 3 is 2.51 bits per heavy atom. The first-order valence-corrected chi connectivity index (χ1v) is 17.8. The number of fused-ring (bicyclic) bond motifs is 7. The number of aromatic nitrogens is 2. The molecule has 3 aromatic carbocycles. The molecular weight excluding hydrogens is 638 g/mol. The highest BCUT2D eigenvalue weighted by molar-refractivity contribution is 6.02. The quantitative estimate of drug-likeness (QED) is 0.122. The van der Waals surface area contributed by atoms with E-state index in [1.807, 2.05) is 54.7 Å². The maximum atomic E-state index is 14.3. The standard InChI is InChI=1S/C43H43N3O5/c1-51-40-23-30-12-13-35(48)25-39(49)41-33(24-38-36(15-17-44-38)37(41)11-3-2-6-27-7-5-10-34(47)22-27)26-46-43-31(14-16-45-43)19-28-8-4-9-29(18-28)20-32(21-30)42(40)50/h4-5,7-10,14-18,21-24,37,41,45,47,50H,2-3,6,11-13,19-20,25-26H2,1H3/q-2/t37-,41+/m0/s1. The van der Waals surface area contributed by atoms with Crippen LogP contribution >= 0.6 is 0 Å². The molecule has 3 N–H and O–H groups in total. The minimum atomic E-state index is -0.493. The summed E-state index contributed by atoms with van der Waals surface area (Å²) in [5.74, 6) is 0.676. The third kappa shape index (κ3) is 7.80. The van der Waals surface area contributed by atoms with Gasteiger partial charge in [-0.05, 0) is 90.6 Å². The maximum Gasteiger partial charge on any atom is 0.161 e. The number of rotatable bonds is 6. The molecule has 1 aliphatic heterocycles. The Kier molecular flexibility index (Phi) is 10.1. The largest absolute Gasteiger partial charge is 0.664 e. The van der Waals surface area contributed by atoms with Crippen molar-refractivity contribution >= 4 is 23.5 Å². The normalized spacial score (nSPS) is 17.9. The summed E-state index contributed by atoms with van der Waals surface area (Å²) in [4.78, 5) is 35.8. The van der Waals surface area contributed by atoms with Crippen LogP contribution in [-0.2, 0) is 35.3 Å². The van der Waals surface area contributed by atoms with Crippen LogP contribution in [0.3, 0.4) is 0 Å². The van der Waals surface area contributed by atoms with E-state index in [2.05, 4.69) is 22.1 Å². The lowest BCUT2D eigenvalue weighted by atomic mass is 9.71. The average Bonchev–Trinajstić information content (AvgIpc) is 3.78. The van der Waals surface area contributed by atoms with E-state index < -0.39 is 5.92 Å². The first-order valence-electron chi connectivity index (χ1n) is 17.8. The van der Waals surface area contributed by atoms with Gasteiger partial charge in [0.15, 0.2) is 11.5 Å². The molecule has 2 atom stereocenters. The fourth-order valence-electron chi connectivity index (χ4n) is 7.78. The number of hydrogen-bond donors (Lipinski definition) is 3. The van der Waals surface area contributed by atoms with Gasteiger partial charge >= 0.3 is 0 Å².